The molecule has 5 heteroatoms. The summed E-state index contributed by atoms with van der Waals surface area (Å²) in [6.45, 7) is 1.88. The number of hydrogen-bond acceptors (Lipinski definition) is 4. The maximum atomic E-state index is 5.61. The molecule has 1 heterocycles. The molecule has 0 amide bonds. The van der Waals surface area contributed by atoms with E-state index in [-0.39, 0.29) is 0 Å². The molecule has 1 aliphatic rings. The van der Waals surface area contributed by atoms with Crippen molar-refractivity contribution in [3.8, 4) is 0 Å². The molecule has 0 unspecified atom stereocenters. The Labute approximate surface area is 122 Å². The van der Waals surface area contributed by atoms with Crippen molar-refractivity contribution in [2.24, 2.45) is 5.73 Å². The largest absolute Gasteiger partial charge is 0.393 e. The van der Waals surface area contributed by atoms with Gasteiger partial charge >= 0.3 is 0 Å². The highest BCUT2D eigenvalue weighted by atomic mass is 32.1. The molecule has 2 N–H and O–H groups in total. The third-order valence-corrected chi connectivity index (χ3v) is 4.61. The van der Waals surface area contributed by atoms with Crippen molar-refractivity contribution in [3.63, 3.8) is 0 Å². The van der Waals surface area contributed by atoms with Crippen LogP contribution < -0.4 is 5.73 Å². The van der Waals surface area contributed by atoms with Gasteiger partial charge in [0.15, 0.2) is 0 Å². The smallest absolute Gasteiger partial charge is 0.108 e. The number of nitrogens with zero attached hydrogens (tertiary/aromatic N) is 2. The van der Waals surface area contributed by atoms with E-state index in [1.807, 2.05) is 6.07 Å². The maximum absolute atomic E-state index is 5.61. The average Bonchev–Trinajstić information content (AvgIpc) is 3.14. The molecule has 0 radical (unpaired) electrons. The fraction of sp³-hybridized carbons (Fsp3) is 0.429. The summed E-state index contributed by atoms with van der Waals surface area (Å²) in [4.78, 5) is 7.78. The Kier molecular flexibility index (Phi) is 3.77. The van der Waals surface area contributed by atoms with Crippen LogP contribution in [0.15, 0.2) is 24.3 Å². The lowest BCUT2D eigenvalue weighted by atomic mass is 10.3. The van der Waals surface area contributed by atoms with Gasteiger partial charge in [-0.05, 0) is 25.0 Å². The Bertz CT molecular complexity index is 556. The Morgan fingerprint density at radius 3 is 2.89 bits per heavy atom. The van der Waals surface area contributed by atoms with E-state index in [9.17, 15) is 0 Å². The molecule has 19 heavy (non-hydrogen) atoms. The molecule has 3 nitrogen and oxygen atoms in total. The van der Waals surface area contributed by atoms with E-state index in [4.69, 9.17) is 22.9 Å². The highest BCUT2D eigenvalue weighted by Crippen LogP contribution is 2.30. The second-order valence-corrected chi connectivity index (χ2v) is 6.63. The van der Waals surface area contributed by atoms with E-state index < -0.39 is 0 Å². The van der Waals surface area contributed by atoms with Crippen LogP contribution >= 0.6 is 23.6 Å². The molecule has 100 valence electrons. The normalized spacial score (nSPS) is 15.2. The Balaban J connectivity index is 1.71. The van der Waals surface area contributed by atoms with Crippen LogP contribution in [0.1, 0.15) is 24.3 Å². The standard InChI is InChI=1S/C14H17N3S2/c15-13(18)7-8-17(10-5-6-10)9-14-16-11-3-1-2-4-12(11)19-14/h1-4,10H,5-9H2,(H2,15,18). The second kappa shape index (κ2) is 5.53. The van der Waals surface area contributed by atoms with Crippen molar-refractivity contribution < 1.29 is 0 Å². The maximum Gasteiger partial charge on any atom is 0.108 e. The first-order valence-corrected chi connectivity index (χ1v) is 7.81. The summed E-state index contributed by atoms with van der Waals surface area (Å²) in [5.74, 6) is 0. The van der Waals surface area contributed by atoms with Gasteiger partial charge in [0.1, 0.15) is 5.01 Å². The van der Waals surface area contributed by atoms with Crippen LogP contribution in [-0.4, -0.2) is 27.5 Å². The first kappa shape index (κ1) is 13.0. The number of rotatable bonds is 6. The minimum atomic E-state index is 0.606. The van der Waals surface area contributed by atoms with E-state index in [2.05, 4.69) is 23.1 Å². The van der Waals surface area contributed by atoms with Crippen LogP contribution in [0.4, 0.5) is 0 Å². The summed E-state index contributed by atoms with van der Waals surface area (Å²) in [6, 6.07) is 9.02. The molecule has 2 aromatic rings. The van der Waals surface area contributed by atoms with Crippen LogP contribution in [0, 0.1) is 0 Å². The number of benzene rings is 1. The van der Waals surface area contributed by atoms with E-state index >= 15 is 0 Å². The van der Waals surface area contributed by atoms with Crippen LogP contribution in [-0.2, 0) is 6.54 Å². The molecule has 0 saturated heterocycles. The second-order valence-electron chi connectivity index (χ2n) is 4.99. The van der Waals surface area contributed by atoms with Crippen LogP contribution in [0.25, 0.3) is 10.2 Å². The molecular weight excluding hydrogens is 274 g/mol. The van der Waals surface area contributed by atoms with Crippen molar-refractivity contribution in [2.75, 3.05) is 6.54 Å². The summed E-state index contributed by atoms with van der Waals surface area (Å²) < 4.78 is 1.27. The number of nitrogens with two attached hydrogens (primary N) is 1. The Morgan fingerprint density at radius 2 is 2.21 bits per heavy atom. The van der Waals surface area contributed by atoms with Crippen molar-refractivity contribution in [1.82, 2.24) is 9.88 Å². The topological polar surface area (TPSA) is 42.1 Å². The molecule has 1 saturated carbocycles. The lowest BCUT2D eigenvalue weighted by molar-refractivity contribution is 0.262. The minimum Gasteiger partial charge on any atom is -0.393 e. The molecule has 3 rings (SSSR count). The number of para-hydroxylation sites is 1. The molecule has 1 fully saturated rings. The molecule has 0 bridgehead atoms. The quantitative estimate of drug-likeness (QED) is 0.831. The Morgan fingerprint density at radius 1 is 1.42 bits per heavy atom. The summed E-state index contributed by atoms with van der Waals surface area (Å²) >= 11 is 6.76. The first-order chi connectivity index (χ1) is 9.22. The van der Waals surface area contributed by atoms with Crippen LogP contribution in [0.2, 0.25) is 0 Å². The number of thiocarbonyl (C=S) groups is 1. The van der Waals surface area contributed by atoms with Gasteiger partial charge in [0.25, 0.3) is 0 Å². The van der Waals surface area contributed by atoms with E-state index in [1.54, 1.807) is 11.3 Å². The zero-order valence-corrected chi connectivity index (χ0v) is 12.3. The summed E-state index contributed by atoms with van der Waals surface area (Å²) in [7, 11) is 0. The Hall–Kier alpha value is -1.04. The highest BCUT2D eigenvalue weighted by Gasteiger charge is 2.29. The third-order valence-electron chi connectivity index (χ3n) is 3.39. The number of hydrogen-bond donors (Lipinski definition) is 1. The van der Waals surface area contributed by atoms with E-state index in [1.165, 1.54) is 22.5 Å². The summed E-state index contributed by atoms with van der Waals surface area (Å²) in [6.07, 6.45) is 3.39. The van der Waals surface area contributed by atoms with Gasteiger partial charge in [0, 0.05) is 19.0 Å². The lowest BCUT2D eigenvalue weighted by Gasteiger charge is -2.20. The number of thiazole rings is 1. The van der Waals surface area contributed by atoms with Gasteiger partial charge in [-0.2, -0.15) is 0 Å². The van der Waals surface area contributed by atoms with Crippen molar-refractivity contribution >= 4 is 38.8 Å². The minimum absolute atomic E-state index is 0.606. The average molecular weight is 291 g/mol. The van der Waals surface area contributed by atoms with Gasteiger partial charge in [-0.1, -0.05) is 24.4 Å². The molecule has 1 aliphatic carbocycles. The van der Waals surface area contributed by atoms with Crippen molar-refractivity contribution in [2.45, 2.75) is 31.8 Å². The monoisotopic (exact) mass is 291 g/mol. The predicted molar refractivity (Wildman–Crippen MR) is 84.5 cm³/mol. The van der Waals surface area contributed by atoms with E-state index in [0.717, 1.165) is 25.0 Å². The molecule has 1 aromatic carbocycles. The van der Waals surface area contributed by atoms with Gasteiger partial charge in [-0.25, -0.2) is 4.98 Å². The fourth-order valence-corrected chi connectivity index (χ4v) is 3.33. The zero-order valence-electron chi connectivity index (χ0n) is 10.7. The summed E-state index contributed by atoms with van der Waals surface area (Å²) in [5.41, 5.74) is 6.71. The highest BCUT2D eigenvalue weighted by molar-refractivity contribution is 7.80. The van der Waals surface area contributed by atoms with Gasteiger partial charge in [0.05, 0.1) is 21.7 Å². The van der Waals surface area contributed by atoms with Gasteiger partial charge in [-0.15, -0.1) is 11.3 Å². The van der Waals surface area contributed by atoms with Gasteiger partial charge in [0.2, 0.25) is 0 Å². The third kappa shape index (κ3) is 3.29. The van der Waals surface area contributed by atoms with Crippen LogP contribution in [0.3, 0.4) is 0 Å². The summed E-state index contributed by atoms with van der Waals surface area (Å²) in [5, 5.41) is 1.19. The first-order valence-electron chi connectivity index (χ1n) is 6.59. The molecular formula is C14H17N3S2. The predicted octanol–water partition coefficient (Wildman–Crippen LogP) is 2.94. The number of fused-ring (bicyclic) bond motifs is 1. The van der Waals surface area contributed by atoms with Crippen molar-refractivity contribution in [1.29, 1.82) is 0 Å². The van der Waals surface area contributed by atoms with Crippen LogP contribution in [0.5, 0.6) is 0 Å². The van der Waals surface area contributed by atoms with Gasteiger partial charge in [-0.3, -0.25) is 4.90 Å². The fourth-order valence-electron chi connectivity index (χ4n) is 2.25. The molecule has 1 aromatic heterocycles. The van der Waals surface area contributed by atoms with E-state index in [0.29, 0.717) is 11.0 Å². The molecule has 0 spiro atoms. The number of aromatic nitrogens is 1. The zero-order chi connectivity index (χ0) is 13.2. The van der Waals surface area contributed by atoms with Crippen molar-refractivity contribution in [3.05, 3.63) is 29.3 Å². The van der Waals surface area contributed by atoms with Gasteiger partial charge < -0.3 is 5.73 Å². The molecule has 0 aliphatic heterocycles. The SMILES string of the molecule is NC(=S)CCN(Cc1nc2ccccc2s1)C1CC1. The lowest BCUT2D eigenvalue weighted by Crippen LogP contribution is -2.29. The molecule has 0 atom stereocenters.